The van der Waals surface area contributed by atoms with Crippen molar-refractivity contribution in [1.29, 1.82) is 0 Å². The summed E-state index contributed by atoms with van der Waals surface area (Å²) in [5.74, 6) is -3.48. The van der Waals surface area contributed by atoms with Crippen LogP contribution in [0.25, 0.3) is 0 Å². The van der Waals surface area contributed by atoms with E-state index in [0.29, 0.717) is 18.4 Å². The highest BCUT2D eigenvalue weighted by Crippen LogP contribution is 2.46. The lowest BCUT2D eigenvalue weighted by atomic mass is 9.95. The predicted octanol–water partition coefficient (Wildman–Crippen LogP) is 3.96. The fraction of sp³-hybridized carbons (Fsp3) is 0.538. The van der Waals surface area contributed by atoms with Gasteiger partial charge in [0.05, 0.1) is 5.60 Å². The fourth-order valence-corrected chi connectivity index (χ4v) is 2.09. The third-order valence-corrected chi connectivity index (χ3v) is 3.33. The summed E-state index contributed by atoms with van der Waals surface area (Å²) in [5, 5.41) is 9.66. The van der Waals surface area contributed by atoms with Crippen LogP contribution >= 0.6 is 0 Å². The second-order valence-corrected chi connectivity index (χ2v) is 5.16. The van der Waals surface area contributed by atoms with Crippen molar-refractivity contribution >= 4 is 0 Å². The molecule has 1 aliphatic carbocycles. The van der Waals surface area contributed by atoms with E-state index in [1.54, 1.807) is 0 Å². The molecule has 0 aliphatic heterocycles. The molecular weight excluding hydrogens is 286 g/mol. The summed E-state index contributed by atoms with van der Waals surface area (Å²) in [5.41, 5.74) is -1.15. The maximum absolute atomic E-state index is 12.5. The Morgan fingerprint density at radius 1 is 0.950 bits per heavy atom. The van der Waals surface area contributed by atoms with Crippen molar-refractivity contribution in [2.45, 2.75) is 43.1 Å². The second kappa shape index (κ2) is 4.65. The van der Waals surface area contributed by atoms with Crippen LogP contribution < -0.4 is 0 Å². The van der Waals surface area contributed by atoms with Gasteiger partial charge < -0.3 is 5.11 Å². The molecule has 1 aromatic rings. The summed E-state index contributed by atoms with van der Waals surface area (Å²) >= 11 is 0. The lowest BCUT2D eigenvalue weighted by molar-refractivity contribution is -0.253. The Morgan fingerprint density at radius 3 is 1.75 bits per heavy atom. The number of hydrogen-bond acceptors (Lipinski definition) is 1. The van der Waals surface area contributed by atoms with Crippen molar-refractivity contribution in [3.63, 3.8) is 0 Å². The highest BCUT2D eigenvalue weighted by molar-refractivity contribution is 5.29. The Morgan fingerprint density at radius 2 is 1.40 bits per heavy atom. The van der Waals surface area contributed by atoms with Crippen LogP contribution in [-0.4, -0.2) is 23.1 Å². The van der Waals surface area contributed by atoms with Crippen LogP contribution in [0.4, 0.5) is 26.3 Å². The molecule has 1 nitrogen and oxygen atoms in total. The zero-order valence-corrected chi connectivity index (χ0v) is 10.2. The molecule has 0 bridgehead atoms. The minimum absolute atomic E-state index is 0.246. The van der Waals surface area contributed by atoms with Gasteiger partial charge in [0, 0.05) is 6.42 Å². The number of benzene rings is 1. The number of rotatable bonds is 3. The van der Waals surface area contributed by atoms with Gasteiger partial charge in [-0.05, 0) is 24.0 Å². The average Bonchev–Trinajstić information content (AvgIpc) is 2.95. The smallest absolute Gasteiger partial charge is 0.390 e. The molecule has 112 valence electrons. The molecule has 0 atom stereocenters. The maximum Gasteiger partial charge on any atom is 0.404 e. The topological polar surface area (TPSA) is 20.2 Å². The number of aliphatic hydroxyl groups is 1. The van der Waals surface area contributed by atoms with E-state index in [0.717, 1.165) is 12.1 Å². The SMILES string of the molecule is OC1(Cc2ccc(C(C(F)(F)F)C(F)(F)F)cc2)CC1. The van der Waals surface area contributed by atoms with Crippen molar-refractivity contribution in [3.05, 3.63) is 35.4 Å². The van der Waals surface area contributed by atoms with Crippen LogP contribution in [-0.2, 0) is 6.42 Å². The van der Waals surface area contributed by atoms with Crippen LogP contribution in [0.15, 0.2) is 24.3 Å². The molecule has 0 amide bonds. The zero-order valence-electron chi connectivity index (χ0n) is 10.2. The molecule has 0 heterocycles. The Kier molecular flexibility index (Phi) is 3.52. The molecule has 0 radical (unpaired) electrons. The van der Waals surface area contributed by atoms with Gasteiger partial charge in [-0.1, -0.05) is 24.3 Å². The van der Waals surface area contributed by atoms with Crippen molar-refractivity contribution < 1.29 is 31.4 Å². The minimum atomic E-state index is -5.38. The average molecular weight is 298 g/mol. The highest BCUT2D eigenvalue weighted by Gasteiger charge is 2.57. The summed E-state index contributed by atoms with van der Waals surface area (Å²) in [7, 11) is 0. The van der Waals surface area contributed by atoms with E-state index >= 15 is 0 Å². The second-order valence-electron chi connectivity index (χ2n) is 5.16. The molecule has 1 saturated carbocycles. The summed E-state index contributed by atoms with van der Waals surface area (Å²) in [4.78, 5) is 0. The van der Waals surface area contributed by atoms with Crippen molar-refractivity contribution in [2.24, 2.45) is 0 Å². The Bertz CT molecular complexity index is 455. The normalized spacial score (nSPS) is 18.4. The number of alkyl halides is 6. The van der Waals surface area contributed by atoms with Crippen molar-refractivity contribution in [1.82, 2.24) is 0 Å². The van der Waals surface area contributed by atoms with Crippen molar-refractivity contribution in [2.75, 3.05) is 0 Å². The van der Waals surface area contributed by atoms with E-state index < -0.39 is 29.4 Å². The first kappa shape index (κ1) is 15.2. The molecule has 20 heavy (non-hydrogen) atoms. The lowest BCUT2D eigenvalue weighted by Crippen LogP contribution is -2.34. The van der Waals surface area contributed by atoms with E-state index in [-0.39, 0.29) is 6.42 Å². The summed E-state index contributed by atoms with van der Waals surface area (Å²) < 4.78 is 75.1. The largest absolute Gasteiger partial charge is 0.404 e. The van der Waals surface area contributed by atoms with Gasteiger partial charge in [0.15, 0.2) is 5.92 Å². The minimum Gasteiger partial charge on any atom is -0.390 e. The third kappa shape index (κ3) is 3.45. The quantitative estimate of drug-likeness (QED) is 0.837. The molecule has 0 aromatic heterocycles. The first-order valence-corrected chi connectivity index (χ1v) is 5.96. The number of halogens is 6. The van der Waals surface area contributed by atoms with Crippen LogP contribution in [0.5, 0.6) is 0 Å². The first-order chi connectivity index (χ1) is 9.01. The van der Waals surface area contributed by atoms with Gasteiger partial charge in [-0.3, -0.25) is 0 Å². The van der Waals surface area contributed by atoms with Crippen LogP contribution in [0.1, 0.15) is 29.9 Å². The monoisotopic (exact) mass is 298 g/mol. The molecule has 1 fully saturated rings. The summed E-state index contributed by atoms with van der Waals surface area (Å²) in [6, 6.07) is 4.06. The highest BCUT2D eigenvalue weighted by atomic mass is 19.4. The van der Waals surface area contributed by atoms with Gasteiger partial charge in [-0.15, -0.1) is 0 Å². The van der Waals surface area contributed by atoms with Gasteiger partial charge in [-0.2, -0.15) is 26.3 Å². The van der Waals surface area contributed by atoms with E-state index in [9.17, 15) is 31.4 Å². The molecule has 0 unspecified atom stereocenters. The van der Waals surface area contributed by atoms with Crippen LogP contribution in [0, 0.1) is 0 Å². The van der Waals surface area contributed by atoms with Gasteiger partial charge in [0.25, 0.3) is 0 Å². The van der Waals surface area contributed by atoms with Gasteiger partial charge in [-0.25, -0.2) is 0 Å². The molecule has 7 heteroatoms. The van der Waals surface area contributed by atoms with E-state index in [2.05, 4.69) is 0 Å². The summed E-state index contributed by atoms with van der Waals surface area (Å²) in [6.07, 6.45) is -9.32. The third-order valence-electron chi connectivity index (χ3n) is 3.33. The Balaban J connectivity index is 2.22. The van der Waals surface area contributed by atoms with Gasteiger partial charge in [0.1, 0.15) is 0 Å². The lowest BCUT2D eigenvalue weighted by Gasteiger charge is -2.23. The van der Waals surface area contributed by atoms with E-state index in [4.69, 9.17) is 0 Å². The zero-order chi connectivity index (χ0) is 15.2. The predicted molar refractivity (Wildman–Crippen MR) is 59.2 cm³/mol. The fourth-order valence-electron chi connectivity index (χ4n) is 2.09. The molecule has 1 aliphatic rings. The maximum atomic E-state index is 12.5. The molecule has 2 rings (SSSR count). The Labute approximate surface area is 111 Å². The van der Waals surface area contributed by atoms with Gasteiger partial charge in [0.2, 0.25) is 0 Å². The Hall–Kier alpha value is -1.24. The molecule has 0 saturated heterocycles. The first-order valence-electron chi connectivity index (χ1n) is 5.96. The molecular formula is C13H12F6O. The van der Waals surface area contributed by atoms with Crippen LogP contribution in [0.2, 0.25) is 0 Å². The number of hydrogen-bond donors (Lipinski definition) is 1. The molecule has 1 aromatic carbocycles. The van der Waals surface area contributed by atoms with Gasteiger partial charge >= 0.3 is 12.4 Å². The standard InChI is InChI=1S/C13H12F6O/c14-12(15,16)10(13(17,18)19)9-3-1-8(2-4-9)7-11(20)5-6-11/h1-4,10,20H,5-7H2. The molecule has 1 N–H and O–H groups in total. The molecule has 0 spiro atoms. The van der Waals surface area contributed by atoms with Crippen molar-refractivity contribution in [3.8, 4) is 0 Å². The van der Waals surface area contributed by atoms with E-state index in [1.807, 2.05) is 0 Å². The summed E-state index contributed by atoms with van der Waals surface area (Å²) in [6.45, 7) is 0. The van der Waals surface area contributed by atoms with E-state index in [1.165, 1.54) is 12.1 Å². The van der Waals surface area contributed by atoms with Crippen LogP contribution in [0.3, 0.4) is 0 Å².